The van der Waals surface area contributed by atoms with E-state index < -0.39 is 23.9 Å². The molecule has 0 radical (unpaired) electrons. The van der Waals surface area contributed by atoms with Gasteiger partial charge < -0.3 is 15.2 Å². The van der Waals surface area contributed by atoms with Gasteiger partial charge in [0.25, 0.3) is 0 Å². The van der Waals surface area contributed by atoms with Crippen LogP contribution >= 0.6 is 0 Å². The minimum Gasteiger partial charge on any atom is -0.481 e. The van der Waals surface area contributed by atoms with E-state index in [1.165, 1.54) is 38.1 Å². The molecule has 0 aliphatic rings. The number of aliphatic carboxylic acids is 1. The van der Waals surface area contributed by atoms with Crippen LogP contribution in [0, 0.1) is 5.41 Å². The van der Waals surface area contributed by atoms with Crippen molar-refractivity contribution >= 4 is 17.6 Å². The van der Waals surface area contributed by atoms with Crippen LogP contribution < -0.4 is 10.1 Å². The largest absolute Gasteiger partial charge is 0.481 e. The van der Waals surface area contributed by atoms with Crippen LogP contribution in [0.25, 0.3) is 0 Å². The molecule has 0 spiro atoms. The zero-order valence-electron chi connectivity index (χ0n) is 11.0. The van der Waals surface area contributed by atoms with Gasteiger partial charge in [-0.15, -0.1) is 0 Å². The summed E-state index contributed by atoms with van der Waals surface area (Å²) in [6, 6.07) is 5.49. The summed E-state index contributed by atoms with van der Waals surface area (Å²) < 4.78 is 28.3. The Morgan fingerprint density at radius 2 is 2.05 bits per heavy atom. The van der Waals surface area contributed by atoms with Gasteiger partial charge in [-0.25, -0.2) is 0 Å². The summed E-state index contributed by atoms with van der Waals surface area (Å²) in [5, 5.41) is 11.4. The molecule has 0 heterocycles. The molecular weight excluding hydrogens is 272 g/mol. The van der Waals surface area contributed by atoms with Crippen molar-refractivity contribution in [1.82, 2.24) is 0 Å². The zero-order chi connectivity index (χ0) is 15.3. The third-order valence-electron chi connectivity index (χ3n) is 2.52. The molecule has 0 aromatic heterocycles. The van der Waals surface area contributed by atoms with E-state index in [0.29, 0.717) is 0 Å². The van der Waals surface area contributed by atoms with Crippen molar-refractivity contribution < 1.29 is 28.2 Å². The SMILES string of the molecule is CC(C)(CC(=O)Nc1cccc(OC(F)F)c1)C(=O)O. The first kappa shape index (κ1) is 15.9. The monoisotopic (exact) mass is 287 g/mol. The molecule has 0 bridgehead atoms. The van der Waals surface area contributed by atoms with Crippen molar-refractivity contribution in [3.63, 3.8) is 0 Å². The zero-order valence-corrected chi connectivity index (χ0v) is 11.0. The van der Waals surface area contributed by atoms with Crippen LogP contribution in [0.4, 0.5) is 14.5 Å². The number of alkyl halides is 2. The lowest BCUT2D eigenvalue weighted by Gasteiger charge is -2.18. The molecule has 1 aromatic carbocycles. The number of amides is 1. The van der Waals surface area contributed by atoms with Crippen LogP contribution in [-0.4, -0.2) is 23.6 Å². The molecule has 110 valence electrons. The summed E-state index contributed by atoms with van der Waals surface area (Å²) in [6.45, 7) is -0.108. The van der Waals surface area contributed by atoms with E-state index >= 15 is 0 Å². The highest BCUT2D eigenvalue weighted by atomic mass is 19.3. The molecular formula is C13H15F2NO4. The highest BCUT2D eigenvalue weighted by molar-refractivity contribution is 5.94. The second-order valence-electron chi connectivity index (χ2n) is 4.82. The lowest BCUT2D eigenvalue weighted by atomic mass is 9.89. The molecule has 1 aromatic rings. The number of nitrogens with one attached hydrogen (secondary N) is 1. The van der Waals surface area contributed by atoms with Gasteiger partial charge in [0, 0.05) is 18.2 Å². The van der Waals surface area contributed by atoms with Crippen molar-refractivity contribution in [2.75, 3.05) is 5.32 Å². The summed E-state index contributed by atoms with van der Waals surface area (Å²) >= 11 is 0. The molecule has 0 aliphatic carbocycles. The predicted octanol–water partition coefficient (Wildman–Crippen LogP) is 2.73. The van der Waals surface area contributed by atoms with Crippen molar-refractivity contribution in [3.05, 3.63) is 24.3 Å². The summed E-state index contributed by atoms with van der Waals surface area (Å²) in [7, 11) is 0. The van der Waals surface area contributed by atoms with Crippen LogP contribution in [0.5, 0.6) is 5.75 Å². The Hall–Kier alpha value is -2.18. The molecule has 20 heavy (non-hydrogen) atoms. The van der Waals surface area contributed by atoms with E-state index in [0.717, 1.165) is 0 Å². The van der Waals surface area contributed by atoms with Gasteiger partial charge >= 0.3 is 12.6 Å². The molecule has 1 amide bonds. The van der Waals surface area contributed by atoms with Gasteiger partial charge in [0.15, 0.2) is 0 Å². The maximum atomic E-state index is 12.1. The summed E-state index contributed by atoms with van der Waals surface area (Å²) in [5.74, 6) is -1.70. The first-order valence-corrected chi connectivity index (χ1v) is 5.79. The van der Waals surface area contributed by atoms with Crippen LogP contribution in [-0.2, 0) is 9.59 Å². The number of ether oxygens (including phenoxy) is 1. The molecule has 7 heteroatoms. The number of carbonyl (C=O) groups excluding carboxylic acids is 1. The highest BCUT2D eigenvalue weighted by Crippen LogP contribution is 2.23. The number of carboxylic acid groups (broad SMARTS) is 1. The van der Waals surface area contributed by atoms with Gasteiger partial charge in [-0.1, -0.05) is 6.07 Å². The summed E-state index contributed by atoms with van der Waals surface area (Å²) in [4.78, 5) is 22.6. The lowest BCUT2D eigenvalue weighted by molar-refractivity contribution is -0.148. The van der Waals surface area contributed by atoms with E-state index in [4.69, 9.17) is 5.11 Å². The third kappa shape index (κ3) is 4.83. The Bertz CT molecular complexity index is 503. The van der Waals surface area contributed by atoms with Gasteiger partial charge in [0.1, 0.15) is 5.75 Å². The fourth-order valence-electron chi connectivity index (χ4n) is 1.43. The number of rotatable bonds is 6. The first-order valence-electron chi connectivity index (χ1n) is 5.79. The van der Waals surface area contributed by atoms with Crippen LogP contribution in [0.1, 0.15) is 20.3 Å². The molecule has 0 saturated heterocycles. The summed E-state index contributed by atoms with van der Waals surface area (Å²) in [5.41, 5.74) is -0.949. The molecule has 2 N–H and O–H groups in total. The lowest BCUT2D eigenvalue weighted by Crippen LogP contribution is -2.29. The minimum atomic E-state index is -2.95. The Balaban J connectivity index is 2.69. The average molecular weight is 287 g/mol. The Morgan fingerprint density at radius 1 is 1.40 bits per heavy atom. The number of anilines is 1. The molecule has 5 nitrogen and oxygen atoms in total. The Morgan fingerprint density at radius 3 is 2.60 bits per heavy atom. The molecule has 0 unspecified atom stereocenters. The quantitative estimate of drug-likeness (QED) is 0.843. The molecule has 0 fully saturated rings. The Labute approximate surface area is 114 Å². The van der Waals surface area contributed by atoms with Gasteiger partial charge in [0.2, 0.25) is 5.91 Å². The van der Waals surface area contributed by atoms with Gasteiger partial charge in [-0.05, 0) is 26.0 Å². The maximum Gasteiger partial charge on any atom is 0.387 e. The number of carbonyl (C=O) groups is 2. The van der Waals surface area contributed by atoms with E-state index in [2.05, 4.69) is 10.1 Å². The number of benzene rings is 1. The van der Waals surface area contributed by atoms with E-state index in [1.54, 1.807) is 0 Å². The predicted molar refractivity (Wildman–Crippen MR) is 67.7 cm³/mol. The Kier molecular flexibility index (Phi) is 5.01. The summed E-state index contributed by atoms with van der Waals surface area (Å²) in [6.07, 6.45) is -0.234. The normalized spacial score (nSPS) is 11.2. The third-order valence-corrected chi connectivity index (χ3v) is 2.52. The minimum absolute atomic E-state index is 0.0877. The van der Waals surface area contributed by atoms with E-state index in [9.17, 15) is 18.4 Å². The number of hydrogen-bond donors (Lipinski definition) is 2. The van der Waals surface area contributed by atoms with Crippen molar-refractivity contribution in [1.29, 1.82) is 0 Å². The average Bonchev–Trinajstić information content (AvgIpc) is 2.26. The van der Waals surface area contributed by atoms with E-state index in [-0.39, 0.29) is 17.9 Å². The smallest absolute Gasteiger partial charge is 0.387 e. The van der Waals surface area contributed by atoms with Crippen molar-refractivity contribution in [2.24, 2.45) is 5.41 Å². The molecule has 0 aliphatic heterocycles. The fraction of sp³-hybridized carbons (Fsp3) is 0.385. The molecule has 0 saturated carbocycles. The second-order valence-corrected chi connectivity index (χ2v) is 4.82. The van der Waals surface area contributed by atoms with Gasteiger partial charge in [-0.3, -0.25) is 9.59 Å². The molecule has 1 rings (SSSR count). The highest BCUT2D eigenvalue weighted by Gasteiger charge is 2.30. The fourth-order valence-corrected chi connectivity index (χ4v) is 1.43. The number of hydrogen-bond acceptors (Lipinski definition) is 3. The first-order chi connectivity index (χ1) is 9.20. The second kappa shape index (κ2) is 6.31. The van der Waals surface area contributed by atoms with E-state index in [1.807, 2.05) is 0 Å². The van der Waals surface area contributed by atoms with Crippen LogP contribution in [0.2, 0.25) is 0 Å². The van der Waals surface area contributed by atoms with Crippen molar-refractivity contribution in [3.8, 4) is 5.75 Å². The topological polar surface area (TPSA) is 75.6 Å². The van der Waals surface area contributed by atoms with Crippen LogP contribution in [0.3, 0.4) is 0 Å². The number of halogens is 2. The standard InChI is InChI=1S/C13H15F2NO4/c1-13(2,11(18)19)7-10(17)16-8-4-3-5-9(6-8)20-12(14)15/h3-6,12H,7H2,1-2H3,(H,16,17)(H,18,19). The molecule has 0 atom stereocenters. The number of carboxylic acids is 1. The maximum absolute atomic E-state index is 12.1. The van der Waals surface area contributed by atoms with Crippen LogP contribution in [0.15, 0.2) is 24.3 Å². The van der Waals surface area contributed by atoms with Crippen molar-refractivity contribution in [2.45, 2.75) is 26.9 Å². The van der Waals surface area contributed by atoms with Gasteiger partial charge in [0.05, 0.1) is 5.41 Å². The van der Waals surface area contributed by atoms with Gasteiger partial charge in [-0.2, -0.15) is 8.78 Å².